The zero-order chi connectivity index (χ0) is 13.8. The predicted octanol–water partition coefficient (Wildman–Crippen LogP) is 1.89. The summed E-state index contributed by atoms with van der Waals surface area (Å²) in [6.07, 6.45) is 1.56. The Morgan fingerprint density at radius 1 is 1.53 bits per heavy atom. The zero-order valence-electron chi connectivity index (χ0n) is 10.5. The van der Waals surface area contributed by atoms with E-state index in [9.17, 15) is 14.9 Å². The number of carboxylic acid groups (broad SMARTS) is 1. The second kappa shape index (κ2) is 5.79. The highest BCUT2D eigenvalue weighted by atomic mass is 16.6. The quantitative estimate of drug-likeness (QED) is 0.663. The van der Waals surface area contributed by atoms with Crippen molar-refractivity contribution in [3.8, 4) is 0 Å². The summed E-state index contributed by atoms with van der Waals surface area (Å²) in [5.74, 6) is -1.09. The summed E-state index contributed by atoms with van der Waals surface area (Å²) in [6, 6.07) is 6.49. The summed E-state index contributed by atoms with van der Waals surface area (Å²) in [6.45, 7) is 1.91. The molecule has 1 aromatic rings. The molecular formula is C13H16N2O4. The van der Waals surface area contributed by atoms with E-state index in [1.54, 1.807) is 12.1 Å². The summed E-state index contributed by atoms with van der Waals surface area (Å²) in [5, 5.41) is 19.7. The van der Waals surface area contributed by atoms with Gasteiger partial charge in [-0.05, 0) is 24.9 Å². The molecule has 1 aliphatic heterocycles. The molecule has 1 N–H and O–H groups in total. The molecular weight excluding hydrogens is 248 g/mol. The number of likely N-dealkylation sites (tertiary alicyclic amines) is 1. The van der Waals surface area contributed by atoms with Crippen LogP contribution in [-0.2, 0) is 11.3 Å². The molecule has 1 unspecified atom stereocenters. The highest BCUT2D eigenvalue weighted by Gasteiger charge is 2.25. The Kier molecular flexibility index (Phi) is 4.11. The lowest BCUT2D eigenvalue weighted by Gasteiger charge is -2.30. The van der Waals surface area contributed by atoms with Gasteiger partial charge in [-0.15, -0.1) is 0 Å². The van der Waals surface area contributed by atoms with E-state index in [0.29, 0.717) is 19.5 Å². The molecule has 1 fully saturated rings. The molecule has 0 aliphatic carbocycles. The van der Waals surface area contributed by atoms with E-state index in [0.717, 1.165) is 18.5 Å². The standard InChI is InChI=1S/C13H16N2O4/c16-13(17)11-4-2-6-14(9-11)8-10-3-1-5-12(7-10)15(18)19/h1,3,5,7,11H,2,4,6,8-9H2,(H,16,17). The van der Waals surface area contributed by atoms with Crippen molar-refractivity contribution in [3.63, 3.8) is 0 Å². The average molecular weight is 264 g/mol. The monoisotopic (exact) mass is 264 g/mol. The Balaban J connectivity index is 2.02. The van der Waals surface area contributed by atoms with E-state index >= 15 is 0 Å². The molecule has 1 aromatic carbocycles. The Bertz CT molecular complexity index is 489. The normalized spacial score (nSPS) is 20.1. The van der Waals surface area contributed by atoms with Crippen LogP contribution in [0.1, 0.15) is 18.4 Å². The zero-order valence-corrected chi connectivity index (χ0v) is 10.5. The number of hydrogen-bond donors (Lipinski definition) is 1. The third-order valence-corrected chi connectivity index (χ3v) is 3.38. The van der Waals surface area contributed by atoms with Gasteiger partial charge in [0.05, 0.1) is 10.8 Å². The van der Waals surface area contributed by atoms with E-state index in [1.165, 1.54) is 6.07 Å². The summed E-state index contributed by atoms with van der Waals surface area (Å²) < 4.78 is 0. The van der Waals surface area contributed by atoms with Crippen LogP contribution >= 0.6 is 0 Å². The number of piperidine rings is 1. The third kappa shape index (κ3) is 3.51. The molecule has 2 rings (SSSR count). The number of hydrogen-bond acceptors (Lipinski definition) is 4. The van der Waals surface area contributed by atoms with Crippen LogP contribution in [0.2, 0.25) is 0 Å². The predicted molar refractivity (Wildman–Crippen MR) is 68.7 cm³/mol. The number of benzene rings is 1. The van der Waals surface area contributed by atoms with Crippen molar-refractivity contribution in [2.75, 3.05) is 13.1 Å². The molecule has 1 heterocycles. The van der Waals surface area contributed by atoms with Gasteiger partial charge in [-0.1, -0.05) is 12.1 Å². The fourth-order valence-electron chi connectivity index (χ4n) is 2.43. The molecule has 6 heteroatoms. The fourth-order valence-corrected chi connectivity index (χ4v) is 2.43. The number of nitro benzene ring substituents is 1. The summed E-state index contributed by atoms with van der Waals surface area (Å²) in [5.41, 5.74) is 0.921. The van der Waals surface area contributed by atoms with E-state index in [1.807, 2.05) is 11.0 Å². The topological polar surface area (TPSA) is 83.7 Å². The van der Waals surface area contributed by atoms with Gasteiger partial charge < -0.3 is 5.11 Å². The van der Waals surface area contributed by atoms with Crippen molar-refractivity contribution in [2.24, 2.45) is 5.92 Å². The van der Waals surface area contributed by atoms with Crippen LogP contribution < -0.4 is 0 Å². The van der Waals surface area contributed by atoms with Gasteiger partial charge in [0.15, 0.2) is 0 Å². The van der Waals surface area contributed by atoms with Crippen molar-refractivity contribution in [1.29, 1.82) is 0 Å². The van der Waals surface area contributed by atoms with Gasteiger partial charge in [0.25, 0.3) is 5.69 Å². The average Bonchev–Trinajstić information content (AvgIpc) is 2.39. The number of nitrogens with zero attached hydrogens (tertiary/aromatic N) is 2. The van der Waals surface area contributed by atoms with Crippen molar-refractivity contribution in [3.05, 3.63) is 39.9 Å². The summed E-state index contributed by atoms with van der Waals surface area (Å²) in [4.78, 5) is 23.3. The highest BCUT2D eigenvalue weighted by molar-refractivity contribution is 5.70. The lowest BCUT2D eigenvalue weighted by Crippen LogP contribution is -2.38. The number of nitro groups is 1. The first-order valence-corrected chi connectivity index (χ1v) is 6.25. The molecule has 6 nitrogen and oxygen atoms in total. The largest absolute Gasteiger partial charge is 0.481 e. The molecule has 0 spiro atoms. The van der Waals surface area contributed by atoms with Gasteiger partial charge in [-0.3, -0.25) is 19.8 Å². The van der Waals surface area contributed by atoms with Gasteiger partial charge in [-0.25, -0.2) is 0 Å². The molecule has 0 amide bonds. The first kappa shape index (κ1) is 13.5. The van der Waals surface area contributed by atoms with Crippen LogP contribution in [0.5, 0.6) is 0 Å². The molecule has 0 aromatic heterocycles. The van der Waals surface area contributed by atoms with Gasteiger partial charge in [0.2, 0.25) is 0 Å². The molecule has 102 valence electrons. The molecule has 1 saturated heterocycles. The number of carbonyl (C=O) groups is 1. The molecule has 0 saturated carbocycles. The Morgan fingerprint density at radius 2 is 2.32 bits per heavy atom. The van der Waals surface area contributed by atoms with Crippen molar-refractivity contribution in [1.82, 2.24) is 4.90 Å². The minimum atomic E-state index is -0.760. The van der Waals surface area contributed by atoms with Crippen LogP contribution in [-0.4, -0.2) is 34.0 Å². The van der Waals surface area contributed by atoms with Gasteiger partial charge in [0.1, 0.15) is 0 Å². The maximum atomic E-state index is 11.0. The van der Waals surface area contributed by atoms with E-state index in [2.05, 4.69) is 0 Å². The second-order valence-electron chi connectivity index (χ2n) is 4.84. The number of carboxylic acids is 1. The number of aliphatic carboxylic acids is 1. The van der Waals surface area contributed by atoms with Crippen molar-refractivity contribution in [2.45, 2.75) is 19.4 Å². The van der Waals surface area contributed by atoms with Crippen molar-refractivity contribution >= 4 is 11.7 Å². The van der Waals surface area contributed by atoms with Gasteiger partial charge in [0, 0.05) is 25.2 Å². The van der Waals surface area contributed by atoms with Crippen LogP contribution in [0.4, 0.5) is 5.69 Å². The maximum absolute atomic E-state index is 11.0. The second-order valence-corrected chi connectivity index (χ2v) is 4.84. The Labute approximate surface area is 110 Å². The molecule has 0 radical (unpaired) electrons. The lowest BCUT2D eigenvalue weighted by atomic mass is 9.98. The Morgan fingerprint density at radius 3 is 3.00 bits per heavy atom. The van der Waals surface area contributed by atoms with Gasteiger partial charge in [-0.2, -0.15) is 0 Å². The maximum Gasteiger partial charge on any atom is 0.307 e. The smallest absolute Gasteiger partial charge is 0.307 e. The molecule has 19 heavy (non-hydrogen) atoms. The summed E-state index contributed by atoms with van der Waals surface area (Å²) in [7, 11) is 0. The van der Waals surface area contributed by atoms with Crippen LogP contribution in [0, 0.1) is 16.0 Å². The van der Waals surface area contributed by atoms with Crippen molar-refractivity contribution < 1.29 is 14.8 Å². The molecule has 0 bridgehead atoms. The summed E-state index contributed by atoms with van der Waals surface area (Å²) >= 11 is 0. The number of rotatable bonds is 4. The first-order valence-electron chi connectivity index (χ1n) is 6.25. The SMILES string of the molecule is O=C(O)C1CCCN(Cc2cccc([N+](=O)[O-])c2)C1. The molecule has 1 atom stereocenters. The molecule has 1 aliphatic rings. The van der Waals surface area contributed by atoms with Crippen LogP contribution in [0.15, 0.2) is 24.3 Å². The highest BCUT2D eigenvalue weighted by Crippen LogP contribution is 2.20. The fraction of sp³-hybridized carbons (Fsp3) is 0.462. The minimum absolute atomic E-state index is 0.0734. The Hall–Kier alpha value is -1.95. The van der Waals surface area contributed by atoms with Crippen LogP contribution in [0.3, 0.4) is 0 Å². The lowest BCUT2D eigenvalue weighted by molar-refractivity contribution is -0.384. The van der Waals surface area contributed by atoms with E-state index in [4.69, 9.17) is 5.11 Å². The van der Waals surface area contributed by atoms with E-state index < -0.39 is 10.9 Å². The first-order chi connectivity index (χ1) is 9.06. The van der Waals surface area contributed by atoms with E-state index in [-0.39, 0.29) is 11.6 Å². The third-order valence-electron chi connectivity index (χ3n) is 3.38. The minimum Gasteiger partial charge on any atom is -0.481 e. The van der Waals surface area contributed by atoms with Gasteiger partial charge >= 0.3 is 5.97 Å². The number of non-ortho nitro benzene ring substituents is 1. The van der Waals surface area contributed by atoms with Crippen LogP contribution in [0.25, 0.3) is 0 Å².